The van der Waals surface area contributed by atoms with E-state index in [1.807, 2.05) is 17.0 Å². The van der Waals surface area contributed by atoms with Crippen LogP contribution >= 0.6 is 0 Å². The summed E-state index contributed by atoms with van der Waals surface area (Å²) in [7, 11) is 0. The molecule has 2 aliphatic heterocycles. The molecule has 3 aromatic rings. The molecule has 0 spiro atoms. The third kappa shape index (κ3) is 6.18. The van der Waals surface area contributed by atoms with Gasteiger partial charge in [-0.3, -0.25) is 19.5 Å². The molecule has 4 heterocycles. The highest BCUT2D eigenvalue weighted by Gasteiger charge is 2.46. The molecular formula is C32H39F3N6O3. The standard InChI is InChI=1S/C32H35F3N6O3.2H2/c33-32(34,35)23-5-1-4-21(18-23)30(43)39-20-28(42)41-17-11-26-25(41)6-2-16-40(26)24-9-12-31(44,13-10-24)27-8-7-22(19-38-27)29-36-14-3-15-37-29;;/h1,3-5,7-8,14-15,18-19,24-26,44H,2,6,9-13,16-17,20H2,(H,39,43);2*1H/t24?,25-,26-,31?;;/m0../s1. The second-order valence-electron chi connectivity index (χ2n) is 11.9. The molecular weight excluding hydrogens is 573 g/mol. The van der Waals surface area contributed by atoms with E-state index in [0.717, 1.165) is 56.3 Å². The zero-order chi connectivity index (χ0) is 30.9. The molecule has 0 unspecified atom stereocenters. The predicted octanol–water partition coefficient (Wildman–Crippen LogP) is 4.67. The van der Waals surface area contributed by atoms with E-state index in [-0.39, 0.29) is 39.0 Å². The summed E-state index contributed by atoms with van der Waals surface area (Å²) in [4.78, 5) is 43.1. The number of piperidine rings is 1. The molecule has 1 saturated carbocycles. The largest absolute Gasteiger partial charge is 0.416 e. The molecule has 0 bridgehead atoms. The van der Waals surface area contributed by atoms with Gasteiger partial charge in [-0.05, 0) is 87.9 Å². The molecule has 2 N–H and O–H groups in total. The van der Waals surface area contributed by atoms with Gasteiger partial charge in [0, 0.05) is 57.2 Å². The first-order valence-corrected chi connectivity index (χ1v) is 15.1. The monoisotopic (exact) mass is 612 g/mol. The zero-order valence-corrected chi connectivity index (χ0v) is 24.2. The van der Waals surface area contributed by atoms with Crippen LogP contribution in [0.25, 0.3) is 11.4 Å². The summed E-state index contributed by atoms with van der Waals surface area (Å²) in [5, 5.41) is 14.0. The maximum absolute atomic E-state index is 13.2. The number of aliphatic hydroxyl groups is 1. The van der Waals surface area contributed by atoms with Crippen molar-refractivity contribution in [2.75, 3.05) is 19.6 Å². The number of carbonyl (C=O) groups is 2. The number of benzene rings is 1. The van der Waals surface area contributed by atoms with E-state index in [0.29, 0.717) is 30.9 Å². The Hall–Kier alpha value is -3.90. The van der Waals surface area contributed by atoms with E-state index in [1.54, 1.807) is 24.7 Å². The minimum absolute atomic E-state index is 0. The van der Waals surface area contributed by atoms with Crippen molar-refractivity contribution in [2.24, 2.45) is 0 Å². The van der Waals surface area contributed by atoms with Gasteiger partial charge in [0.1, 0.15) is 5.60 Å². The Balaban J connectivity index is 0.00000240. The van der Waals surface area contributed by atoms with E-state index in [2.05, 4.69) is 25.2 Å². The summed E-state index contributed by atoms with van der Waals surface area (Å²) in [6.07, 6.45) is 5.93. The summed E-state index contributed by atoms with van der Waals surface area (Å²) in [5.74, 6) is -0.352. The topological polar surface area (TPSA) is 112 Å². The minimum Gasteiger partial charge on any atom is -0.384 e. The molecule has 12 heteroatoms. The van der Waals surface area contributed by atoms with Crippen LogP contribution in [-0.4, -0.2) is 79.4 Å². The van der Waals surface area contributed by atoms with E-state index in [1.165, 1.54) is 12.1 Å². The molecule has 9 nitrogen and oxygen atoms in total. The number of hydrogen-bond acceptors (Lipinski definition) is 7. The van der Waals surface area contributed by atoms with Crippen molar-refractivity contribution >= 4 is 11.8 Å². The van der Waals surface area contributed by atoms with Gasteiger partial charge in [-0.2, -0.15) is 13.2 Å². The lowest BCUT2D eigenvalue weighted by atomic mass is 9.78. The van der Waals surface area contributed by atoms with Gasteiger partial charge in [-0.25, -0.2) is 9.97 Å². The van der Waals surface area contributed by atoms with Crippen LogP contribution in [0.2, 0.25) is 0 Å². The fourth-order valence-corrected chi connectivity index (χ4v) is 7.10. The lowest BCUT2D eigenvalue weighted by molar-refractivity contribution is -0.137. The summed E-state index contributed by atoms with van der Waals surface area (Å²) in [6, 6.07) is 10.2. The Bertz CT molecular complexity index is 1490. The van der Waals surface area contributed by atoms with Crippen molar-refractivity contribution in [1.82, 2.24) is 30.1 Å². The second kappa shape index (κ2) is 12.2. The van der Waals surface area contributed by atoms with Crippen LogP contribution < -0.4 is 5.32 Å². The second-order valence-corrected chi connectivity index (χ2v) is 11.9. The molecule has 1 aliphatic carbocycles. The first-order chi connectivity index (χ1) is 21.1. The van der Waals surface area contributed by atoms with Crippen LogP contribution in [0.1, 0.15) is 69.4 Å². The van der Waals surface area contributed by atoms with Crippen LogP contribution in [0.15, 0.2) is 61.1 Å². The fourth-order valence-electron chi connectivity index (χ4n) is 7.10. The molecule has 3 fully saturated rings. The zero-order valence-electron chi connectivity index (χ0n) is 24.2. The number of aromatic nitrogens is 3. The lowest BCUT2D eigenvalue weighted by Crippen LogP contribution is -2.56. The van der Waals surface area contributed by atoms with Gasteiger partial charge in [0.15, 0.2) is 5.82 Å². The van der Waals surface area contributed by atoms with E-state index >= 15 is 0 Å². The number of hydrogen-bond donors (Lipinski definition) is 2. The molecule has 2 atom stereocenters. The van der Waals surface area contributed by atoms with Crippen molar-refractivity contribution < 1.29 is 30.7 Å². The number of fused-ring (bicyclic) bond motifs is 1. The third-order valence-corrected chi connectivity index (χ3v) is 9.34. The first-order valence-electron chi connectivity index (χ1n) is 15.1. The van der Waals surface area contributed by atoms with Crippen LogP contribution in [0, 0.1) is 0 Å². The van der Waals surface area contributed by atoms with Gasteiger partial charge < -0.3 is 15.3 Å². The molecule has 44 heavy (non-hydrogen) atoms. The van der Waals surface area contributed by atoms with E-state index in [4.69, 9.17) is 0 Å². The highest BCUT2D eigenvalue weighted by molar-refractivity contribution is 5.96. The highest BCUT2D eigenvalue weighted by Crippen LogP contribution is 2.41. The van der Waals surface area contributed by atoms with Crippen molar-refractivity contribution in [2.45, 2.75) is 74.8 Å². The maximum atomic E-state index is 13.2. The Morgan fingerprint density at radius 3 is 2.45 bits per heavy atom. The van der Waals surface area contributed by atoms with Gasteiger partial charge in [-0.1, -0.05) is 6.07 Å². The summed E-state index contributed by atoms with van der Waals surface area (Å²) in [6.45, 7) is 1.24. The van der Waals surface area contributed by atoms with E-state index < -0.39 is 23.2 Å². The van der Waals surface area contributed by atoms with Crippen LogP contribution in [0.3, 0.4) is 0 Å². The van der Waals surface area contributed by atoms with Crippen molar-refractivity contribution in [3.05, 3.63) is 77.9 Å². The number of pyridine rings is 1. The lowest BCUT2D eigenvalue weighted by Gasteiger charge is -2.47. The number of halogens is 3. The molecule has 0 radical (unpaired) electrons. The fraction of sp³-hybridized carbons (Fsp3) is 0.469. The molecule has 2 amide bonds. The average molecular weight is 613 g/mol. The van der Waals surface area contributed by atoms with Gasteiger partial charge >= 0.3 is 6.18 Å². The molecule has 6 rings (SSSR count). The number of nitrogens with one attached hydrogen (secondary N) is 1. The molecule has 1 aromatic carbocycles. The SMILES string of the molecule is O=C(NCC(=O)N1CC[C@H]2[C@@H]1CCCN2C1CCC(O)(c2ccc(-c3ncccn3)cn2)CC1)c1cccc(C(F)(F)F)c1.[HH].[HH]. The summed E-state index contributed by atoms with van der Waals surface area (Å²) in [5.41, 5.74) is -0.602. The number of carbonyl (C=O) groups excluding carboxylic acids is 2. The average Bonchev–Trinajstić information content (AvgIpc) is 3.49. The number of amides is 2. The molecule has 2 saturated heterocycles. The first kappa shape index (κ1) is 30.1. The maximum Gasteiger partial charge on any atom is 0.416 e. The van der Waals surface area contributed by atoms with Gasteiger partial charge in [0.05, 0.1) is 17.8 Å². The predicted molar refractivity (Wildman–Crippen MR) is 159 cm³/mol. The van der Waals surface area contributed by atoms with E-state index in [9.17, 15) is 27.9 Å². The minimum atomic E-state index is -4.55. The Kier molecular flexibility index (Phi) is 8.38. The van der Waals surface area contributed by atoms with Crippen molar-refractivity contribution in [3.63, 3.8) is 0 Å². The molecule has 3 aliphatic rings. The van der Waals surface area contributed by atoms with Gasteiger partial charge in [-0.15, -0.1) is 0 Å². The number of alkyl halides is 3. The summed E-state index contributed by atoms with van der Waals surface area (Å²) < 4.78 is 39.1. The smallest absolute Gasteiger partial charge is 0.384 e. The van der Waals surface area contributed by atoms with Crippen molar-refractivity contribution in [3.8, 4) is 11.4 Å². The Labute approximate surface area is 256 Å². The molecule has 236 valence electrons. The van der Waals surface area contributed by atoms with Crippen molar-refractivity contribution in [1.29, 1.82) is 0 Å². The number of nitrogens with zero attached hydrogens (tertiary/aromatic N) is 5. The Morgan fingerprint density at radius 1 is 0.977 bits per heavy atom. The summed E-state index contributed by atoms with van der Waals surface area (Å²) >= 11 is 0. The van der Waals surface area contributed by atoms with Gasteiger partial charge in [0.2, 0.25) is 5.91 Å². The van der Waals surface area contributed by atoms with Gasteiger partial charge in [0.25, 0.3) is 5.91 Å². The molecule has 2 aromatic heterocycles. The normalized spacial score (nSPS) is 25.8. The number of rotatable bonds is 6. The third-order valence-electron chi connectivity index (χ3n) is 9.34. The highest BCUT2D eigenvalue weighted by atomic mass is 19.4. The van der Waals surface area contributed by atoms with Crippen LogP contribution in [0.4, 0.5) is 13.2 Å². The van der Waals surface area contributed by atoms with Crippen LogP contribution in [0.5, 0.6) is 0 Å². The van der Waals surface area contributed by atoms with Crippen LogP contribution in [-0.2, 0) is 16.6 Å². The Morgan fingerprint density at radius 2 is 1.75 bits per heavy atom. The quantitative estimate of drug-likeness (QED) is 0.416. The number of likely N-dealkylation sites (tertiary alicyclic amines) is 2.